The Morgan fingerprint density at radius 1 is 1.15 bits per heavy atom. The fourth-order valence-electron chi connectivity index (χ4n) is 2.73. The predicted molar refractivity (Wildman–Crippen MR) is 105 cm³/mol. The molecule has 2 aromatic carbocycles. The van der Waals surface area contributed by atoms with Crippen molar-refractivity contribution in [1.29, 1.82) is 0 Å². The number of hydrogen-bond acceptors (Lipinski definition) is 4. The van der Waals surface area contributed by atoms with Gasteiger partial charge in [0.05, 0.1) is 18.2 Å². The van der Waals surface area contributed by atoms with E-state index in [4.69, 9.17) is 27.9 Å². The van der Waals surface area contributed by atoms with Crippen LogP contribution in [0.25, 0.3) is 0 Å². The van der Waals surface area contributed by atoms with Crippen molar-refractivity contribution < 1.29 is 17.5 Å². The summed E-state index contributed by atoms with van der Waals surface area (Å²) in [4.78, 5) is 0.00218. The second-order valence-electron chi connectivity index (χ2n) is 6.21. The van der Waals surface area contributed by atoms with Crippen LogP contribution in [0.4, 0.5) is 10.1 Å². The van der Waals surface area contributed by atoms with E-state index in [2.05, 4.69) is 5.32 Å². The zero-order chi connectivity index (χ0) is 19.6. The number of hydrogen-bond donors (Lipinski definition) is 1. The van der Waals surface area contributed by atoms with Gasteiger partial charge in [-0.2, -0.15) is 4.31 Å². The Morgan fingerprint density at radius 3 is 2.52 bits per heavy atom. The molecule has 1 fully saturated rings. The van der Waals surface area contributed by atoms with E-state index in [0.29, 0.717) is 35.1 Å². The van der Waals surface area contributed by atoms with Crippen molar-refractivity contribution in [3.8, 4) is 0 Å². The fourth-order valence-corrected chi connectivity index (χ4v) is 4.98. The van der Waals surface area contributed by atoms with Gasteiger partial charge >= 0.3 is 0 Å². The van der Waals surface area contributed by atoms with Crippen molar-refractivity contribution in [3.63, 3.8) is 0 Å². The third kappa shape index (κ3) is 4.55. The van der Waals surface area contributed by atoms with Crippen LogP contribution in [-0.4, -0.2) is 39.0 Å². The van der Waals surface area contributed by atoms with Crippen molar-refractivity contribution in [1.82, 2.24) is 4.31 Å². The first-order valence-electron chi connectivity index (χ1n) is 8.35. The van der Waals surface area contributed by atoms with Gasteiger partial charge in [-0.15, -0.1) is 0 Å². The number of anilines is 1. The van der Waals surface area contributed by atoms with Crippen LogP contribution in [-0.2, 0) is 21.3 Å². The summed E-state index contributed by atoms with van der Waals surface area (Å²) >= 11 is 12.4. The number of benzene rings is 2. The lowest BCUT2D eigenvalue weighted by atomic mass is 10.2. The van der Waals surface area contributed by atoms with E-state index in [0.717, 1.165) is 0 Å². The number of aryl methyl sites for hydroxylation is 1. The highest BCUT2D eigenvalue weighted by Crippen LogP contribution is 2.31. The molecule has 0 bridgehead atoms. The zero-order valence-electron chi connectivity index (χ0n) is 14.6. The molecule has 0 saturated carbocycles. The molecule has 1 heterocycles. The average Bonchev–Trinajstić information content (AvgIpc) is 2.64. The topological polar surface area (TPSA) is 58.6 Å². The molecule has 0 aromatic heterocycles. The third-order valence-electron chi connectivity index (χ3n) is 4.34. The summed E-state index contributed by atoms with van der Waals surface area (Å²) in [5, 5.41) is 3.45. The zero-order valence-corrected chi connectivity index (χ0v) is 17.0. The number of nitrogens with zero attached hydrogens (tertiary/aromatic N) is 1. The lowest BCUT2D eigenvalue weighted by Gasteiger charge is -2.26. The van der Waals surface area contributed by atoms with E-state index < -0.39 is 10.0 Å². The molecule has 27 heavy (non-hydrogen) atoms. The molecule has 1 N–H and O–H groups in total. The van der Waals surface area contributed by atoms with Crippen LogP contribution in [0.15, 0.2) is 35.2 Å². The molecule has 5 nitrogen and oxygen atoms in total. The number of halogens is 3. The van der Waals surface area contributed by atoms with Crippen molar-refractivity contribution in [2.45, 2.75) is 18.4 Å². The van der Waals surface area contributed by atoms with Crippen molar-refractivity contribution >= 4 is 38.9 Å². The van der Waals surface area contributed by atoms with Gasteiger partial charge < -0.3 is 10.1 Å². The first kappa shape index (κ1) is 20.4. The Balaban J connectivity index is 1.86. The molecular formula is C18H19Cl2FN2O3S. The summed E-state index contributed by atoms with van der Waals surface area (Å²) < 4.78 is 46.0. The smallest absolute Gasteiger partial charge is 0.244 e. The minimum atomic E-state index is -3.75. The van der Waals surface area contributed by atoms with E-state index in [-0.39, 0.29) is 35.4 Å². The molecule has 0 spiro atoms. The number of morpholine rings is 1. The third-order valence-corrected chi connectivity index (χ3v) is 7.06. The molecule has 2 aromatic rings. The summed E-state index contributed by atoms with van der Waals surface area (Å²) in [5.74, 6) is -0.321. The van der Waals surface area contributed by atoms with E-state index in [1.807, 2.05) is 0 Å². The van der Waals surface area contributed by atoms with Gasteiger partial charge in [-0.3, -0.25) is 0 Å². The SMILES string of the molecule is Cc1ccc(NCc2cc(S(=O)(=O)N3CCOCC3)c(Cl)cc2Cl)cc1F. The lowest BCUT2D eigenvalue weighted by molar-refractivity contribution is 0.0730. The molecule has 0 radical (unpaired) electrons. The van der Waals surface area contributed by atoms with Crippen LogP contribution in [0.5, 0.6) is 0 Å². The molecule has 0 amide bonds. The molecule has 0 aliphatic carbocycles. The molecule has 0 unspecified atom stereocenters. The molecule has 3 rings (SSSR count). The molecule has 0 atom stereocenters. The normalized spacial score (nSPS) is 15.7. The molecule has 9 heteroatoms. The van der Waals surface area contributed by atoms with Gasteiger partial charge in [0.1, 0.15) is 10.7 Å². The first-order valence-corrected chi connectivity index (χ1v) is 10.5. The average molecular weight is 433 g/mol. The largest absolute Gasteiger partial charge is 0.381 e. The molecular weight excluding hydrogens is 414 g/mol. The van der Waals surface area contributed by atoms with Crippen molar-refractivity contribution in [3.05, 3.63) is 57.3 Å². The van der Waals surface area contributed by atoms with Crippen LogP contribution >= 0.6 is 23.2 Å². The molecule has 1 saturated heterocycles. The minimum absolute atomic E-state index is 0.00218. The highest BCUT2D eigenvalue weighted by atomic mass is 35.5. The van der Waals surface area contributed by atoms with Gasteiger partial charge in [0.2, 0.25) is 10.0 Å². The second-order valence-corrected chi connectivity index (χ2v) is 8.93. The summed E-state index contributed by atoms with van der Waals surface area (Å²) in [6, 6.07) is 7.67. The summed E-state index contributed by atoms with van der Waals surface area (Å²) in [6.45, 7) is 3.15. The maximum absolute atomic E-state index is 13.7. The Hall–Kier alpha value is -1.38. The number of rotatable bonds is 5. The number of nitrogens with one attached hydrogen (secondary N) is 1. The van der Waals surface area contributed by atoms with Gasteiger partial charge in [-0.05, 0) is 42.3 Å². The van der Waals surface area contributed by atoms with E-state index in [1.165, 1.54) is 22.5 Å². The van der Waals surface area contributed by atoms with Gasteiger partial charge in [-0.1, -0.05) is 29.3 Å². The maximum atomic E-state index is 13.7. The highest BCUT2D eigenvalue weighted by molar-refractivity contribution is 7.89. The maximum Gasteiger partial charge on any atom is 0.244 e. The van der Waals surface area contributed by atoms with E-state index >= 15 is 0 Å². The standard InChI is InChI=1S/C18H19Cl2FN2O3S/c1-12-2-3-14(9-17(12)21)22-11-13-8-18(16(20)10-15(13)19)27(24,25)23-4-6-26-7-5-23/h2-3,8-10,22H,4-7,11H2,1H3. The number of ether oxygens (including phenoxy) is 1. The molecule has 1 aliphatic rings. The predicted octanol–water partition coefficient (Wildman–Crippen LogP) is 4.07. The fraction of sp³-hybridized carbons (Fsp3) is 0.333. The van der Waals surface area contributed by atoms with Crippen LogP contribution < -0.4 is 5.32 Å². The van der Waals surface area contributed by atoms with Crippen LogP contribution in [0.1, 0.15) is 11.1 Å². The monoisotopic (exact) mass is 432 g/mol. The summed E-state index contributed by atoms with van der Waals surface area (Å²) in [5.41, 5.74) is 1.67. The summed E-state index contributed by atoms with van der Waals surface area (Å²) in [6.07, 6.45) is 0. The minimum Gasteiger partial charge on any atom is -0.381 e. The second kappa shape index (κ2) is 8.32. The number of sulfonamides is 1. The van der Waals surface area contributed by atoms with Crippen LogP contribution in [0.3, 0.4) is 0 Å². The van der Waals surface area contributed by atoms with Gasteiger partial charge in [0.25, 0.3) is 0 Å². The van der Waals surface area contributed by atoms with Crippen LogP contribution in [0.2, 0.25) is 10.0 Å². The Bertz CT molecular complexity index is 948. The van der Waals surface area contributed by atoms with Gasteiger partial charge in [0, 0.05) is 30.3 Å². The lowest BCUT2D eigenvalue weighted by Crippen LogP contribution is -2.40. The van der Waals surface area contributed by atoms with Crippen molar-refractivity contribution in [2.24, 2.45) is 0 Å². The quantitative estimate of drug-likeness (QED) is 0.773. The van der Waals surface area contributed by atoms with Gasteiger partial charge in [0.15, 0.2) is 0 Å². The van der Waals surface area contributed by atoms with Gasteiger partial charge in [-0.25, -0.2) is 12.8 Å². The van der Waals surface area contributed by atoms with Crippen LogP contribution in [0, 0.1) is 12.7 Å². The van der Waals surface area contributed by atoms with Crippen molar-refractivity contribution in [2.75, 3.05) is 31.6 Å². The Kier molecular flexibility index (Phi) is 6.28. The molecule has 146 valence electrons. The summed E-state index contributed by atoms with van der Waals surface area (Å²) in [7, 11) is -3.75. The first-order chi connectivity index (χ1) is 12.8. The Labute approximate surface area is 168 Å². The Morgan fingerprint density at radius 2 is 1.85 bits per heavy atom. The van der Waals surface area contributed by atoms with E-state index in [1.54, 1.807) is 19.1 Å². The molecule has 1 aliphatic heterocycles. The van der Waals surface area contributed by atoms with E-state index in [9.17, 15) is 12.8 Å². The highest BCUT2D eigenvalue weighted by Gasteiger charge is 2.29.